The van der Waals surface area contributed by atoms with Gasteiger partial charge in [0.2, 0.25) is 0 Å². The number of rotatable bonds is 4. The van der Waals surface area contributed by atoms with Crippen LogP contribution < -0.4 is 0 Å². The summed E-state index contributed by atoms with van der Waals surface area (Å²) in [5.41, 5.74) is 1.12. The van der Waals surface area contributed by atoms with Crippen molar-refractivity contribution in [1.82, 2.24) is 0 Å². The third kappa shape index (κ3) is 4.45. The molecule has 76 valence electrons. The highest BCUT2D eigenvalue weighted by Crippen LogP contribution is 2.10. The molecule has 0 aliphatic rings. The monoisotopic (exact) mass is 230 g/mol. The molecule has 0 radical (unpaired) electrons. The first kappa shape index (κ1) is 13.2. The number of ketones is 1. The summed E-state index contributed by atoms with van der Waals surface area (Å²) in [6, 6.07) is 7.52. The fraction of sp³-hybridized carbons (Fsp3) is 0.182. The van der Waals surface area contributed by atoms with Gasteiger partial charge in [0, 0.05) is 11.4 Å². The molecular formula is C11H12Cl2O. The Morgan fingerprint density at radius 3 is 2.43 bits per heavy atom. The van der Waals surface area contributed by atoms with E-state index in [1.807, 2.05) is 24.3 Å². The molecular weight excluding hydrogens is 219 g/mol. The summed E-state index contributed by atoms with van der Waals surface area (Å²) in [6.45, 7) is 3.42. The number of allylic oxidation sites excluding steroid dienone is 1. The fourth-order valence-corrected chi connectivity index (χ4v) is 1.15. The van der Waals surface area contributed by atoms with Crippen molar-refractivity contribution >= 4 is 29.8 Å². The molecule has 0 fully saturated rings. The topological polar surface area (TPSA) is 17.1 Å². The number of halogens is 2. The third-order valence-corrected chi connectivity index (χ3v) is 2.05. The second-order valence-corrected chi connectivity index (χ2v) is 3.23. The van der Waals surface area contributed by atoms with E-state index >= 15 is 0 Å². The lowest BCUT2D eigenvalue weighted by Crippen LogP contribution is -1.94. The van der Waals surface area contributed by atoms with Crippen LogP contribution in [0.25, 0.3) is 0 Å². The van der Waals surface area contributed by atoms with Crippen molar-refractivity contribution in [1.29, 1.82) is 0 Å². The molecule has 0 bridgehead atoms. The van der Waals surface area contributed by atoms with Gasteiger partial charge in [0.1, 0.15) is 0 Å². The van der Waals surface area contributed by atoms with Crippen molar-refractivity contribution in [2.75, 3.05) is 0 Å². The second kappa shape index (κ2) is 6.63. The number of carbonyl (C=O) groups excluding carboxylic acids is 1. The first-order valence-corrected chi connectivity index (χ1v) is 4.50. The summed E-state index contributed by atoms with van der Waals surface area (Å²) >= 11 is 5.72. The van der Waals surface area contributed by atoms with Crippen LogP contribution in [0.15, 0.2) is 36.9 Å². The first-order chi connectivity index (χ1) is 6.22. The van der Waals surface area contributed by atoms with E-state index in [1.165, 1.54) is 6.08 Å². The predicted molar refractivity (Wildman–Crippen MR) is 62.2 cm³/mol. The highest BCUT2D eigenvalue weighted by atomic mass is 35.5. The minimum Gasteiger partial charge on any atom is -0.295 e. The van der Waals surface area contributed by atoms with Crippen molar-refractivity contribution < 1.29 is 4.79 Å². The number of hydrogen-bond donors (Lipinski definition) is 0. The quantitative estimate of drug-likeness (QED) is 0.725. The van der Waals surface area contributed by atoms with Crippen LogP contribution >= 0.6 is 24.0 Å². The van der Waals surface area contributed by atoms with Gasteiger partial charge in [-0.2, -0.15) is 0 Å². The van der Waals surface area contributed by atoms with E-state index in [-0.39, 0.29) is 18.2 Å². The SMILES string of the molecule is C=CC(=O)CCc1ccc(Cl)cc1.Cl. The summed E-state index contributed by atoms with van der Waals surface area (Å²) in [7, 11) is 0. The first-order valence-electron chi connectivity index (χ1n) is 4.12. The average molecular weight is 231 g/mol. The lowest BCUT2D eigenvalue weighted by Gasteiger charge is -1.98. The maximum absolute atomic E-state index is 10.9. The van der Waals surface area contributed by atoms with Crippen LogP contribution in [0.1, 0.15) is 12.0 Å². The Morgan fingerprint density at radius 2 is 1.93 bits per heavy atom. The molecule has 3 heteroatoms. The lowest BCUT2D eigenvalue weighted by atomic mass is 10.1. The Bertz CT molecular complexity index is 304. The largest absolute Gasteiger partial charge is 0.295 e. The van der Waals surface area contributed by atoms with E-state index in [0.717, 1.165) is 17.0 Å². The smallest absolute Gasteiger partial charge is 0.155 e. The highest BCUT2D eigenvalue weighted by molar-refractivity contribution is 6.30. The van der Waals surface area contributed by atoms with Crippen molar-refractivity contribution in [3.05, 3.63) is 47.5 Å². The molecule has 0 saturated heterocycles. The molecule has 0 saturated carbocycles. The van der Waals surface area contributed by atoms with Crippen molar-refractivity contribution in [2.45, 2.75) is 12.8 Å². The van der Waals surface area contributed by atoms with Crippen LogP contribution in [0, 0.1) is 0 Å². The maximum Gasteiger partial charge on any atom is 0.155 e. The van der Waals surface area contributed by atoms with Gasteiger partial charge in [-0.1, -0.05) is 30.3 Å². The molecule has 0 aromatic heterocycles. The summed E-state index contributed by atoms with van der Waals surface area (Å²) in [5, 5.41) is 0.721. The standard InChI is InChI=1S/C11H11ClO.ClH/c1-2-11(13)8-5-9-3-6-10(12)7-4-9;/h2-4,6-7H,1,5,8H2;1H. The van der Waals surface area contributed by atoms with Crippen LogP contribution in [0.3, 0.4) is 0 Å². The van der Waals surface area contributed by atoms with Gasteiger partial charge in [-0.3, -0.25) is 4.79 Å². The number of hydrogen-bond acceptors (Lipinski definition) is 1. The van der Waals surface area contributed by atoms with E-state index < -0.39 is 0 Å². The molecule has 0 spiro atoms. The van der Waals surface area contributed by atoms with Gasteiger partial charge in [-0.25, -0.2) is 0 Å². The van der Waals surface area contributed by atoms with E-state index in [9.17, 15) is 4.79 Å². The minimum absolute atomic E-state index is 0. The van der Waals surface area contributed by atoms with Crippen LogP contribution in [-0.2, 0) is 11.2 Å². The predicted octanol–water partition coefficient (Wildman–Crippen LogP) is 3.45. The summed E-state index contributed by atoms with van der Waals surface area (Å²) in [6.07, 6.45) is 2.63. The zero-order chi connectivity index (χ0) is 9.68. The Balaban J connectivity index is 0.00000169. The van der Waals surface area contributed by atoms with Gasteiger partial charge >= 0.3 is 0 Å². The molecule has 0 heterocycles. The Labute approximate surface area is 95.2 Å². The maximum atomic E-state index is 10.9. The second-order valence-electron chi connectivity index (χ2n) is 2.80. The Kier molecular flexibility index (Phi) is 6.26. The molecule has 0 N–H and O–H groups in total. The molecule has 0 unspecified atom stereocenters. The lowest BCUT2D eigenvalue weighted by molar-refractivity contribution is -0.114. The molecule has 0 aliphatic carbocycles. The molecule has 1 rings (SSSR count). The van der Waals surface area contributed by atoms with Gasteiger partial charge in [-0.05, 0) is 30.2 Å². The normalized spacial score (nSPS) is 8.93. The summed E-state index contributed by atoms with van der Waals surface area (Å²) in [5.74, 6) is 0.0787. The van der Waals surface area contributed by atoms with Crippen LogP contribution in [0.5, 0.6) is 0 Å². The number of carbonyl (C=O) groups is 1. The Hall–Kier alpha value is -0.790. The summed E-state index contributed by atoms with van der Waals surface area (Å²) in [4.78, 5) is 10.9. The van der Waals surface area contributed by atoms with E-state index in [2.05, 4.69) is 6.58 Å². The van der Waals surface area contributed by atoms with Crippen LogP contribution in [-0.4, -0.2) is 5.78 Å². The summed E-state index contributed by atoms with van der Waals surface area (Å²) < 4.78 is 0. The van der Waals surface area contributed by atoms with Gasteiger partial charge in [0.05, 0.1) is 0 Å². The molecule has 14 heavy (non-hydrogen) atoms. The minimum atomic E-state index is 0. The molecule has 1 nitrogen and oxygen atoms in total. The highest BCUT2D eigenvalue weighted by Gasteiger charge is 1.97. The van der Waals surface area contributed by atoms with Gasteiger partial charge in [0.25, 0.3) is 0 Å². The van der Waals surface area contributed by atoms with Crippen molar-refractivity contribution in [2.24, 2.45) is 0 Å². The average Bonchev–Trinajstić information content (AvgIpc) is 2.16. The molecule has 1 aromatic rings. The third-order valence-electron chi connectivity index (χ3n) is 1.80. The molecule has 0 amide bonds. The molecule has 0 aliphatic heterocycles. The van der Waals surface area contributed by atoms with E-state index in [4.69, 9.17) is 11.6 Å². The number of aryl methyl sites for hydroxylation is 1. The van der Waals surface area contributed by atoms with Crippen LogP contribution in [0.4, 0.5) is 0 Å². The van der Waals surface area contributed by atoms with Gasteiger partial charge < -0.3 is 0 Å². The van der Waals surface area contributed by atoms with Crippen LogP contribution in [0.2, 0.25) is 5.02 Å². The number of benzene rings is 1. The molecule has 1 aromatic carbocycles. The van der Waals surface area contributed by atoms with Crippen molar-refractivity contribution in [3.63, 3.8) is 0 Å². The van der Waals surface area contributed by atoms with Gasteiger partial charge in [0.15, 0.2) is 5.78 Å². The van der Waals surface area contributed by atoms with Gasteiger partial charge in [-0.15, -0.1) is 12.4 Å². The molecule has 0 atom stereocenters. The van der Waals surface area contributed by atoms with Crippen molar-refractivity contribution in [3.8, 4) is 0 Å². The zero-order valence-electron chi connectivity index (χ0n) is 7.70. The fourth-order valence-electron chi connectivity index (χ4n) is 1.02. The Morgan fingerprint density at radius 1 is 1.36 bits per heavy atom. The van der Waals surface area contributed by atoms with E-state index in [0.29, 0.717) is 6.42 Å². The van der Waals surface area contributed by atoms with E-state index in [1.54, 1.807) is 0 Å². The zero-order valence-corrected chi connectivity index (χ0v) is 9.27.